The number of aromatic nitrogens is 1. The first kappa shape index (κ1) is 15.9. The maximum atomic E-state index is 13.8. The van der Waals surface area contributed by atoms with Gasteiger partial charge in [0.2, 0.25) is 10.0 Å². The van der Waals surface area contributed by atoms with E-state index in [1.54, 1.807) is 32.0 Å². The van der Waals surface area contributed by atoms with Crippen molar-refractivity contribution in [2.24, 2.45) is 0 Å². The van der Waals surface area contributed by atoms with Gasteiger partial charge in [0.15, 0.2) is 5.76 Å². The van der Waals surface area contributed by atoms with Crippen LogP contribution in [0.5, 0.6) is 0 Å². The molecule has 0 atom stereocenters. The number of nitrogens with zero attached hydrogens (tertiary/aromatic N) is 3. The van der Waals surface area contributed by atoms with Gasteiger partial charge in [-0.25, -0.2) is 12.8 Å². The van der Waals surface area contributed by atoms with Gasteiger partial charge < -0.3 is 9.42 Å². The van der Waals surface area contributed by atoms with Gasteiger partial charge >= 0.3 is 0 Å². The van der Waals surface area contributed by atoms with Crippen LogP contribution in [0.3, 0.4) is 0 Å². The Morgan fingerprint density at radius 3 is 2.35 bits per heavy atom. The van der Waals surface area contributed by atoms with E-state index < -0.39 is 10.0 Å². The largest absolute Gasteiger partial charge is 0.367 e. The molecule has 2 aromatic rings. The van der Waals surface area contributed by atoms with Crippen molar-refractivity contribution in [2.75, 3.05) is 31.1 Å². The lowest BCUT2D eigenvalue weighted by Crippen LogP contribution is -2.49. The number of aryl methyl sites for hydroxylation is 2. The molecule has 23 heavy (non-hydrogen) atoms. The summed E-state index contributed by atoms with van der Waals surface area (Å²) in [6.07, 6.45) is 0. The summed E-state index contributed by atoms with van der Waals surface area (Å²) in [4.78, 5) is 1.99. The average Bonchev–Trinajstić information content (AvgIpc) is 2.87. The van der Waals surface area contributed by atoms with E-state index in [1.807, 2.05) is 4.90 Å². The van der Waals surface area contributed by atoms with Gasteiger partial charge in [0.1, 0.15) is 16.4 Å². The van der Waals surface area contributed by atoms with E-state index in [1.165, 1.54) is 10.4 Å². The van der Waals surface area contributed by atoms with Crippen LogP contribution in [0.15, 0.2) is 33.7 Å². The minimum atomic E-state index is -3.64. The quantitative estimate of drug-likeness (QED) is 0.855. The number of sulfonamides is 1. The molecule has 0 bridgehead atoms. The Hall–Kier alpha value is -1.93. The number of para-hydroxylation sites is 1. The van der Waals surface area contributed by atoms with Crippen molar-refractivity contribution in [3.05, 3.63) is 41.5 Å². The molecular weight excluding hydrogens is 321 g/mol. The summed E-state index contributed by atoms with van der Waals surface area (Å²) in [5.41, 5.74) is 0.862. The Labute approximate surface area is 134 Å². The lowest BCUT2D eigenvalue weighted by Gasteiger charge is -2.35. The molecular formula is C15H18FN3O3S. The van der Waals surface area contributed by atoms with Gasteiger partial charge in [-0.15, -0.1) is 0 Å². The highest BCUT2D eigenvalue weighted by molar-refractivity contribution is 7.89. The highest BCUT2D eigenvalue weighted by Gasteiger charge is 2.33. The summed E-state index contributed by atoms with van der Waals surface area (Å²) in [7, 11) is -3.64. The Bertz CT molecular complexity index is 792. The van der Waals surface area contributed by atoms with Gasteiger partial charge in [0.25, 0.3) is 0 Å². The normalized spacial score (nSPS) is 16.7. The predicted molar refractivity (Wildman–Crippen MR) is 83.3 cm³/mol. The van der Waals surface area contributed by atoms with E-state index in [0.29, 0.717) is 43.3 Å². The molecule has 0 N–H and O–H groups in total. The van der Waals surface area contributed by atoms with Crippen molar-refractivity contribution in [1.29, 1.82) is 0 Å². The number of hydrogen-bond acceptors (Lipinski definition) is 5. The van der Waals surface area contributed by atoms with Crippen molar-refractivity contribution < 1.29 is 17.3 Å². The number of halogens is 1. The fourth-order valence-electron chi connectivity index (χ4n) is 2.85. The van der Waals surface area contributed by atoms with Crippen LogP contribution in [0.2, 0.25) is 0 Å². The molecule has 1 saturated heterocycles. The molecule has 0 unspecified atom stereocenters. The number of anilines is 1. The second kappa shape index (κ2) is 5.93. The smallest absolute Gasteiger partial charge is 0.248 e. The van der Waals surface area contributed by atoms with E-state index in [4.69, 9.17) is 4.52 Å². The molecule has 2 heterocycles. The van der Waals surface area contributed by atoms with E-state index in [2.05, 4.69) is 5.16 Å². The van der Waals surface area contributed by atoms with Gasteiger partial charge in [0.05, 0.1) is 5.69 Å². The number of piperazine rings is 1. The molecule has 1 aliphatic heterocycles. The Kier molecular flexibility index (Phi) is 4.11. The van der Waals surface area contributed by atoms with Crippen LogP contribution in [0.4, 0.5) is 10.1 Å². The highest BCUT2D eigenvalue weighted by atomic mass is 32.2. The van der Waals surface area contributed by atoms with Crippen LogP contribution in [0, 0.1) is 19.7 Å². The molecule has 1 aliphatic rings. The summed E-state index contributed by atoms with van der Waals surface area (Å²) in [6, 6.07) is 6.51. The molecule has 1 aromatic heterocycles. The van der Waals surface area contributed by atoms with E-state index in [9.17, 15) is 12.8 Å². The first-order valence-electron chi connectivity index (χ1n) is 7.34. The highest BCUT2D eigenvalue weighted by Crippen LogP contribution is 2.26. The molecule has 124 valence electrons. The predicted octanol–water partition coefficient (Wildman–Crippen LogP) is 1.94. The first-order valence-corrected chi connectivity index (χ1v) is 8.78. The number of hydrogen-bond donors (Lipinski definition) is 0. The Balaban J connectivity index is 1.78. The molecule has 0 aliphatic carbocycles. The van der Waals surface area contributed by atoms with Gasteiger partial charge in [-0.05, 0) is 26.0 Å². The summed E-state index contributed by atoms with van der Waals surface area (Å²) >= 11 is 0. The van der Waals surface area contributed by atoms with Crippen LogP contribution in [0.1, 0.15) is 11.5 Å². The second-order valence-corrected chi connectivity index (χ2v) is 7.37. The van der Waals surface area contributed by atoms with E-state index in [-0.39, 0.29) is 10.7 Å². The summed E-state index contributed by atoms with van der Waals surface area (Å²) in [5.74, 6) is -0.00596. The summed E-state index contributed by atoms with van der Waals surface area (Å²) in [6.45, 7) is 4.65. The van der Waals surface area contributed by atoms with E-state index in [0.717, 1.165) is 0 Å². The van der Waals surface area contributed by atoms with Crippen LogP contribution in [0.25, 0.3) is 0 Å². The van der Waals surface area contributed by atoms with Crippen LogP contribution in [-0.4, -0.2) is 44.1 Å². The summed E-state index contributed by atoms with van der Waals surface area (Å²) < 4.78 is 45.7. The number of benzene rings is 1. The van der Waals surface area contributed by atoms with Crippen LogP contribution in [-0.2, 0) is 10.0 Å². The van der Waals surface area contributed by atoms with Crippen molar-refractivity contribution in [3.63, 3.8) is 0 Å². The third-order valence-electron chi connectivity index (χ3n) is 4.00. The minimum Gasteiger partial charge on any atom is -0.367 e. The maximum Gasteiger partial charge on any atom is 0.248 e. The fourth-order valence-corrected chi connectivity index (χ4v) is 4.56. The molecule has 0 amide bonds. The van der Waals surface area contributed by atoms with Crippen LogP contribution >= 0.6 is 0 Å². The van der Waals surface area contributed by atoms with Crippen molar-refractivity contribution >= 4 is 15.7 Å². The molecule has 0 saturated carbocycles. The molecule has 0 spiro atoms. The zero-order valence-electron chi connectivity index (χ0n) is 13.0. The van der Waals surface area contributed by atoms with Crippen molar-refractivity contribution in [2.45, 2.75) is 18.7 Å². The van der Waals surface area contributed by atoms with Gasteiger partial charge in [-0.3, -0.25) is 0 Å². The monoisotopic (exact) mass is 339 g/mol. The van der Waals surface area contributed by atoms with Crippen LogP contribution < -0.4 is 4.90 Å². The maximum absolute atomic E-state index is 13.8. The third-order valence-corrected chi connectivity index (χ3v) is 6.14. The van der Waals surface area contributed by atoms with Gasteiger partial charge in [-0.1, -0.05) is 17.3 Å². The third kappa shape index (κ3) is 2.84. The SMILES string of the molecule is Cc1noc(C)c1S(=O)(=O)N1CCN(c2ccccc2F)CC1. The molecule has 6 nitrogen and oxygen atoms in total. The minimum absolute atomic E-state index is 0.136. The Morgan fingerprint density at radius 1 is 1.13 bits per heavy atom. The van der Waals surface area contributed by atoms with Gasteiger partial charge in [-0.2, -0.15) is 4.31 Å². The van der Waals surface area contributed by atoms with Gasteiger partial charge in [0, 0.05) is 26.2 Å². The fraction of sp³-hybridized carbons (Fsp3) is 0.400. The molecule has 3 rings (SSSR count). The molecule has 0 radical (unpaired) electrons. The lowest BCUT2D eigenvalue weighted by molar-refractivity contribution is 0.377. The van der Waals surface area contributed by atoms with E-state index >= 15 is 0 Å². The molecule has 1 fully saturated rings. The zero-order valence-corrected chi connectivity index (χ0v) is 13.8. The molecule has 8 heteroatoms. The zero-order chi connectivity index (χ0) is 16.6. The van der Waals surface area contributed by atoms with Crippen molar-refractivity contribution in [1.82, 2.24) is 9.46 Å². The average molecular weight is 339 g/mol. The van der Waals surface area contributed by atoms with Crippen molar-refractivity contribution in [3.8, 4) is 0 Å². The Morgan fingerprint density at radius 2 is 1.78 bits per heavy atom. The standard InChI is InChI=1S/C15H18FN3O3S/c1-11-15(12(2)22-17-11)23(20,21)19-9-7-18(8-10-19)14-6-4-3-5-13(14)16/h3-6H,7-10H2,1-2H3. The number of rotatable bonds is 3. The second-order valence-electron chi connectivity index (χ2n) is 5.50. The summed E-state index contributed by atoms with van der Waals surface area (Å²) in [5, 5.41) is 3.71. The topological polar surface area (TPSA) is 66.7 Å². The first-order chi connectivity index (χ1) is 10.9. The lowest BCUT2D eigenvalue weighted by atomic mass is 10.2. The molecule has 1 aromatic carbocycles.